The molecule has 23 heavy (non-hydrogen) atoms. The molecule has 0 bridgehead atoms. The van der Waals surface area contributed by atoms with Crippen molar-refractivity contribution in [2.45, 2.75) is 4.90 Å². The molecule has 0 radical (unpaired) electrons. The fourth-order valence-electron chi connectivity index (χ4n) is 2.24. The number of allylic oxidation sites excluding steroid dienone is 1. The van der Waals surface area contributed by atoms with E-state index in [-0.39, 0.29) is 21.3 Å². The van der Waals surface area contributed by atoms with Gasteiger partial charge in [0, 0.05) is 17.3 Å². The summed E-state index contributed by atoms with van der Waals surface area (Å²) in [5.74, 6) is -1.48. The molecular weight excluding hydrogens is 346 g/mol. The van der Waals surface area contributed by atoms with Crippen LogP contribution >= 0.6 is 11.6 Å². The van der Waals surface area contributed by atoms with Gasteiger partial charge in [0.25, 0.3) is 0 Å². The average Bonchev–Trinajstić information content (AvgIpc) is 2.50. The molecule has 0 saturated carbocycles. The molecule has 116 valence electrons. The van der Waals surface area contributed by atoms with Crippen LogP contribution in [0, 0.1) is 23.0 Å². The summed E-state index contributed by atoms with van der Waals surface area (Å²) in [7, 11) is -4.03. The van der Waals surface area contributed by atoms with Crippen LogP contribution in [0.3, 0.4) is 0 Å². The van der Waals surface area contributed by atoms with Gasteiger partial charge in [0.2, 0.25) is 9.84 Å². The van der Waals surface area contributed by atoms with E-state index in [0.717, 1.165) is 29.3 Å². The molecule has 0 N–H and O–H groups in total. The van der Waals surface area contributed by atoms with Crippen molar-refractivity contribution in [3.05, 3.63) is 64.2 Å². The molecular formula is C15H7ClF2N2O2S. The van der Waals surface area contributed by atoms with Crippen LogP contribution in [0.25, 0.3) is 0 Å². The van der Waals surface area contributed by atoms with Gasteiger partial charge >= 0.3 is 0 Å². The van der Waals surface area contributed by atoms with Gasteiger partial charge in [-0.3, -0.25) is 0 Å². The summed E-state index contributed by atoms with van der Waals surface area (Å²) in [6.45, 7) is 0. The first-order valence-corrected chi connectivity index (χ1v) is 8.11. The van der Waals surface area contributed by atoms with Crippen LogP contribution in [0.2, 0.25) is 5.02 Å². The van der Waals surface area contributed by atoms with Crippen molar-refractivity contribution in [3.63, 3.8) is 0 Å². The average molecular weight is 353 g/mol. The second kappa shape index (κ2) is 5.33. The van der Waals surface area contributed by atoms with Gasteiger partial charge in [-0.1, -0.05) is 11.6 Å². The number of hydrogen-bond donors (Lipinski definition) is 0. The monoisotopic (exact) mass is 352 g/mol. The predicted octanol–water partition coefficient (Wildman–Crippen LogP) is 3.91. The van der Waals surface area contributed by atoms with Crippen LogP contribution in [-0.2, 0) is 9.84 Å². The van der Waals surface area contributed by atoms with E-state index in [2.05, 4.69) is 0 Å². The third kappa shape index (κ3) is 2.46. The lowest BCUT2D eigenvalue weighted by atomic mass is 10.2. The van der Waals surface area contributed by atoms with Gasteiger partial charge in [-0.2, -0.15) is 5.26 Å². The minimum atomic E-state index is -4.03. The lowest BCUT2D eigenvalue weighted by molar-refractivity contribution is 0.598. The SMILES string of the molecule is N#CC1=CN(c2cc(F)ccc2F)c2cc(Cl)ccc2S1(=O)=O. The largest absolute Gasteiger partial charge is 0.311 e. The Morgan fingerprint density at radius 3 is 2.52 bits per heavy atom. The number of rotatable bonds is 1. The van der Waals surface area contributed by atoms with E-state index in [1.165, 1.54) is 18.2 Å². The molecule has 0 aliphatic carbocycles. The second-order valence-electron chi connectivity index (χ2n) is 4.69. The van der Waals surface area contributed by atoms with Gasteiger partial charge in [0.1, 0.15) is 17.7 Å². The van der Waals surface area contributed by atoms with E-state index < -0.39 is 26.4 Å². The van der Waals surface area contributed by atoms with E-state index in [1.807, 2.05) is 0 Å². The number of nitrogens with zero attached hydrogens (tertiary/aromatic N) is 2. The van der Waals surface area contributed by atoms with E-state index in [0.29, 0.717) is 0 Å². The highest BCUT2D eigenvalue weighted by Crippen LogP contribution is 2.41. The minimum absolute atomic E-state index is 0.0426. The zero-order valence-corrected chi connectivity index (χ0v) is 12.9. The van der Waals surface area contributed by atoms with Crippen LogP contribution in [0.1, 0.15) is 0 Å². The Morgan fingerprint density at radius 1 is 1.09 bits per heavy atom. The van der Waals surface area contributed by atoms with Gasteiger partial charge in [0.05, 0.1) is 16.3 Å². The summed E-state index contributed by atoms with van der Waals surface area (Å²) in [6.07, 6.45) is 0.950. The fraction of sp³-hybridized carbons (Fsp3) is 0. The normalized spacial score (nSPS) is 15.6. The molecule has 1 heterocycles. The smallest absolute Gasteiger partial charge is 0.220 e. The molecule has 0 atom stereocenters. The maximum atomic E-state index is 14.1. The molecule has 1 aliphatic rings. The molecule has 0 aromatic heterocycles. The van der Waals surface area contributed by atoms with Crippen LogP contribution < -0.4 is 4.90 Å². The van der Waals surface area contributed by atoms with E-state index in [4.69, 9.17) is 16.9 Å². The Labute approximate surface area is 135 Å². The van der Waals surface area contributed by atoms with E-state index >= 15 is 0 Å². The number of fused-ring (bicyclic) bond motifs is 1. The van der Waals surface area contributed by atoms with Gasteiger partial charge < -0.3 is 4.90 Å². The molecule has 2 aromatic carbocycles. The Morgan fingerprint density at radius 2 is 1.83 bits per heavy atom. The molecule has 0 amide bonds. The molecule has 2 aromatic rings. The number of anilines is 2. The van der Waals surface area contributed by atoms with Crippen LogP contribution in [0.15, 0.2) is 52.4 Å². The molecule has 0 saturated heterocycles. The minimum Gasteiger partial charge on any atom is -0.311 e. The highest BCUT2D eigenvalue weighted by Gasteiger charge is 2.33. The molecule has 8 heteroatoms. The summed E-state index contributed by atoms with van der Waals surface area (Å²) >= 11 is 5.89. The fourth-order valence-corrected chi connectivity index (χ4v) is 3.69. The lowest BCUT2D eigenvalue weighted by Crippen LogP contribution is -2.22. The standard InChI is InChI=1S/C15H7ClF2N2O2S/c16-9-1-4-15-14(5-9)20(8-11(7-19)23(15,21)22)13-6-10(17)2-3-12(13)18/h1-6,8H. The van der Waals surface area contributed by atoms with Crippen molar-refractivity contribution >= 4 is 32.8 Å². The Bertz CT molecular complexity index is 997. The van der Waals surface area contributed by atoms with Gasteiger partial charge in [-0.25, -0.2) is 17.2 Å². The summed E-state index contributed by atoms with van der Waals surface area (Å²) in [5, 5.41) is 9.29. The highest BCUT2D eigenvalue weighted by atomic mass is 35.5. The summed E-state index contributed by atoms with van der Waals surface area (Å²) in [6, 6.07) is 8.20. The molecule has 0 fully saturated rings. The lowest BCUT2D eigenvalue weighted by Gasteiger charge is -2.28. The summed E-state index contributed by atoms with van der Waals surface area (Å²) in [4.78, 5) is 0.319. The number of hydrogen-bond acceptors (Lipinski definition) is 4. The topological polar surface area (TPSA) is 61.2 Å². The maximum Gasteiger partial charge on any atom is 0.220 e. The molecule has 3 rings (SSSR count). The van der Waals surface area contributed by atoms with Crippen molar-refractivity contribution < 1.29 is 17.2 Å². The highest BCUT2D eigenvalue weighted by molar-refractivity contribution is 7.95. The molecule has 0 spiro atoms. The second-order valence-corrected chi connectivity index (χ2v) is 7.01. The van der Waals surface area contributed by atoms with Crippen molar-refractivity contribution in [2.24, 2.45) is 0 Å². The van der Waals surface area contributed by atoms with Crippen molar-refractivity contribution in [1.29, 1.82) is 5.26 Å². The first-order valence-electron chi connectivity index (χ1n) is 6.25. The first-order chi connectivity index (χ1) is 10.8. The number of nitriles is 1. The van der Waals surface area contributed by atoms with Crippen molar-refractivity contribution in [1.82, 2.24) is 0 Å². The molecule has 4 nitrogen and oxygen atoms in total. The maximum absolute atomic E-state index is 14.1. The number of halogens is 3. The van der Waals surface area contributed by atoms with Gasteiger partial charge in [-0.15, -0.1) is 0 Å². The first kappa shape index (κ1) is 15.5. The van der Waals surface area contributed by atoms with Crippen LogP contribution in [0.5, 0.6) is 0 Å². The van der Waals surface area contributed by atoms with Gasteiger partial charge in [-0.05, 0) is 30.3 Å². The van der Waals surface area contributed by atoms with Crippen molar-refractivity contribution in [3.8, 4) is 6.07 Å². The summed E-state index contributed by atoms with van der Waals surface area (Å²) < 4.78 is 52.2. The van der Waals surface area contributed by atoms with Crippen molar-refractivity contribution in [2.75, 3.05) is 4.90 Å². The Balaban J connectivity index is 2.36. The predicted molar refractivity (Wildman–Crippen MR) is 80.8 cm³/mol. The quantitative estimate of drug-likeness (QED) is 0.780. The van der Waals surface area contributed by atoms with Crippen LogP contribution in [0.4, 0.5) is 20.2 Å². The van der Waals surface area contributed by atoms with E-state index in [9.17, 15) is 17.2 Å². The van der Waals surface area contributed by atoms with Gasteiger partial charge in [0.15, 0.2) is 4.91 Å². The zero-order valence-electron chi connectivity index (χ0n) is 11.3. The van der Waals surface area contributed by atoms with Crippen LogP contribution in [-0.4, -0.2) is 8.42 Å². The summed E-state index contributed by atoms with van der Waals surface area (Å²) in [5.41, 5.74) is -0.183. The molecule has 0 unspecified atom stereocenters. The Hall–Kier alpha value is -2.43. The molecule has 1 aliphatic heterocycles. The Kier molecular flexibility index (Phi) is 3.59. The third-order valence-corrected chi connectivity index (χ3v) is 5.22. The zero-order chi connectivity index (χ0) is 16.8. The number of sulfone groups is 1. The van der Waals surface area contributed by atoms with E-state index in [1.54, 1.807) is 6.07 Å². The number of benzene rings is 2. The third-order valence-electron chi connectivity index (χ3n) is 3.28.